The molecule has 0 unspecified atom stereocenters. The van der Waals surface area contributed by atoms with Gasteiger partial charge in [-0.25, -0.2) is 9.59 Å². The summed E-state index contributed by atoms with van der Waals surface area (Å²) in [6.07, 6.45) is 7.20. The lowest BCUT2D eigenvalue weighted by Crippen LogP contribution is -2.42. The number of hydrogen-bond donors (Lipinski definition) is 2. The number of benzene rings is 3. The summed E-state index contributed by atoms with van der Waals surface area (Å²) < 4.78 is 16.8. The Hall–Kier alpha value is -4.59. The number of rotatable bonds is 10. The molecule has 2 N–H and O–H groups in total. The van der Waals surface area contributed by atoms with Gasteiger partial charge >= 0.3 is 12.2 Å². The van der Waals surface area contributed by atoms with Crippen molar-refractivity contribution in [2.45, 2.75) is 70.6 Å². The number of hydrogen-bond acceptors (Lipinski definition) is 6. The van der Waals surface area contributed by atoms with Crippen LogP contribution in [0.4, 0.5) is 15.3 Å². The van der Waals surface area contributed by atoms with E-state index >= 15 is 0 Å². The van der Waals surface area contributed by atoms with E-state index in [0.29, 0.717) is 50.0 Å². The van der Waals surface area contributed by atoms with Crippen LogP contribution in [0.15, 0.2) is 78.9 Å². The summed E-state index contributed by atoms with van der Waals surface area (Å²) >= 11 is 0. The van der Waals surface area contributed by atoms with Crippen LogP contribution in [0.2, 0.25) is 0 Å². The molecule has 0 aliphatic heterocycles. The largest absolute Gasteiger partial charge is 0.493 e. The zero-order valence-corrected chi connectivity index (χ0v) is 25.0. The molecular formula is C35H40N2O6. The molecule has 1 aliphatic carbocycles. The molecule has 226 valence electrons. The fourth-order valence-electron chi connectivity index (χ4n) is 4.83. The number of carbonyl (C=O) groups excluding carboxylic acids is 3. The first-order valence-corrected chi connectivity index (χ1v) is 14.7. The molecule has 0 saturated heterocycles. The van der Waals surface area contributed by atoms with E-state index in [2.05, 4.69) is 10.6 Å². The third-order valence-electron chi connectivity index (χ3n) is 6.91. The second-order valence-corrected chi connectivity index (χ2v) is 11.5. The molecule has 0 aromatic heterocycles. The summed E-state index contributed by atoms with van der Waals surface area (Å²) in [6.45, 7) is 6.01. The third kappa shape index (κ3) is 10.3. The number of aldehydes is 1. The second-order valence-electron chi connectivity index (χ2n) is 11.5. The van der Waals surface area contributed by atoms with Crippen LogP contribution in [-0.4, -0.2) is 42.8 Å². The second kappa shape index (κ2) is 15.0. The minimum atomic E-state index is -0.544. The summed E-state index contributed by atoms with van der Waals surface area (Å²) in [5, 5.41) is 5.85. The third-order valence-corrected chi connectivity index (χ3v) is 6.91. The van der Waals surface area contributed by atoms with Crippen molar-refractivity contribution in [2.24, 2.45) is 0 Å². The highest BCUT2D eigenvalue weighted by molar-refractivity contribution is 5.92. The van der Waals surface area contributed by atoms with Crippen molar-refractivity contribution in [3.8, 4) is 16.9 Å². The molecule has 0 spiro atoms. The van der Waals surface area contributed by atoms with Crippen molar-refractivity contribution in [2.75, 3.05) is 11.9 Å². The van der Waals surface area contributed by atoms with E-state index in [4.69, 9.17) is 14.2 Å². The molecule has 3 aromatic rings. The summed E-state index contributed by atoms with van der Waals surface area (Å²) in [4.78, 5) is 35.8. The van der Waals surface area contributed by atoms with Crippen molar-refractivity contribution in [3.63, 3.8) is 0 Å². The van der Waals surface area contributed by atoms with Gasteiger partial charge in [0.1, 0.15) is 23.7 Å². The average Bonchev–Trinajstić information content (AvgIpc) is 2.98. The van der Waals surface area contributed by atoms with Crippen molar-refractivity contribution in [3.05, 3.63) is 90.0 Å². The molecule has 3 aromatic carbocycles. The van der Waals surface area contributed by atoms with Gasteiger partial charge in [-0.3, -0.25) is 10.1 Å². The number of carbonyl (C=O) groups is 3. The minimum absolute atomic E-state index is 0.00423. The fourth-order valence-corrected chi connectivity index (χ4v) is 4.83. The number of alkyl carbamates (subject to hydrolysis) is 1. The minimum Gasteiger partial charge on any atom is -0.493 e. The monoisotopic (exact) mass is 584 g/mol. The van der Waals surface area contributed by atoms with E-state index in [-0.39, 0.29) is 12.1 Å². The number of amides is 2. The van der Waals surface area contributed by atoms with Crippen LogP contribution in [0.3, 0.4) is 0 Å². The van der Waals surface area contributed by atoms with Gasteiger partial charge in [0.15, 0.2) is 0 Å². The molecule has 0 bridgehead atoms. The molecular weight excluding hydrogens is 544 g/mol. The molecule has 8 nitrogen and oxygen atoms in total. The van der Waals surface area contributed by atoms with E-state index in [0.717, 1.165) is 28.7 Å². The van der Waals surface area contributed by atoms with Crippen LogP contribution in [0.1, 0.15) is 68.8 Å². The van der Waals surface area contributed by atoms with Crippen molar-refractivity contribution in [1.82, 2.24) is 5.32 Å². The number of anilines is 1. The quantitative estimate of drug-likeness (QED) is 0.185. The fraction of sp³-hybridized carbons (Fsp3) is 0.343. The summed E-state index contributed by atoms with van der Waals surface area (Å²) in [6, 6.07) is 22.8. The molecule has 1 saturated carbocycles. The zero-order chi connectivity index (χ0) is 30.7. The van der Waals surface area contributed by atoms with Crippen LogP contribution in [0.25, 0.3) is 17.2 Å². The standard InChI is InChI=1S/C35H40N2O6/c1-35(2,3)43-34(40)36-28-15-19-30(20-16-28)42-33(39)37-32-21-14-25(23-31(32)27-10-5-4-6-11-27)9-7-8-22-41-29-17-12-26(24-38)13-18-29/h4-7,9-14,17-18,21,23-24,28,30H,8,15-16,19-20,22H2,1-3H3,(H,36,40)(H,37,39)/b9-7+/t28-,30-. The molecule has 0 heterocycles. The molecule has 1 fully saturated rings. The van der Waals surface area contributed by atoms with E-state index < -0.39 is 17.8 Å². The van der Waals surface area contributed by atoms with Crippen molar-refractivity contribution < 1.29 is 28.6 Å². The zero-order valence-electron chi connectivity index (χ0n) is 25.0. The maximum Gasteiger partial charge on any atom is 0.411 e. The van der Waals surface area contributed by atoms with Crippen LogP contribution >= 0.6 is 0 Å². The highest BCUT2D eigenvalue weighted by Gasteiger charge is 2.27. The van der Waals surface area contributed by atoms with Crippen molar-refractivity contribution in [1.29, 1.82) is 0 Å². The highest BCUT2D eigenvalue weighted by atomic mass is 16.6. The maximum absolute atomic E-state index is 12.9. The first-order chi connectivity index (χ1) is 20.7. The van der Waals surface area contributed by atoms with E-state index in [1.807, 2.05) is 81.5 Å². The summed E-state index contributed by atoms with van der Waals surface area (Å²) in [5.74, 6) is 0.721. The molecule has 0 atom stereocenters. The Bertz CT molecular complexity index is 1390. The molecule has 43 heavy (non-hydrogen) atoms. The van der Waals surface area contributed by atoms with Gasteiger partial charge in [0.05, 0.1) is 12.3 Å². The van der Waals surface area contributed by atoms with Gasteiger partial charge in [-0.2, -0.15) is 0 Å². The Kier molecular flexibility index (Phi) is 11.0. The lowest BCUT2D eigenvalue weighted by Gasteiger charge is -2.30. The Morgan fingerprint density at radius 3 is 2.26 bits per heavy atom. The van der Waals surface area contributed by atoms with Gasteiger partial charge in [0, 0.05) is 17.2 Å². The lowest BCUT2D eigenvalue weighted by atomic mass is 9.93. The van der Waals surface area contributed by atoms with Gasteiger partial charge in [0.25, 0.3) is 0 Å². The summed E-state index contributed by atoms with van der Waals surface area (Å²) in [7, 11) is 0. The smallest absolute Gasteiger partial charge is 0.411 e. The van der Waals surface area contributed by atoms with Crippen LogP contribution in [0, 0.1) is 0 Å². The SMILES string of the molecule is CC(C)(C)OC(=O)N[C@H]1CC[C@H](OC(=O)Nc2ccc(/C=C/CCOc3ccc(C=O)cc3)cc2-c2ccccc2)CC1. The van der Waals surface area contributed by atoms with E-state index in [1.54, 1.807) is 24.3 Å². The summed E-state index contributed by atoms with van der Waals surface area (Å²) in [5.41, 5.74) is 3.59. The molecule has 1 aliphatic rings. The Balaban J connectivity index is 1.31. The first-order valence-electron chi connectivity index (χ1n) is 14.7. The topological polar surface area (TPSA) is 103 Å². The van der Waals surface area contributed by atoms with Crippen LogP contribution in [-0.2, 0) is 9.47 Å². The normalized spacial score (nSPS) is 16.7. The Morgan fingerprint density at radius 2 is 1.58 bits per heavy atom. The average molecular weight is 585 g/mol. The molecule has 2 amide bonds. The van der Waals surface area contributed by atoms with Gasteiger partial charge in [0.2, 0.25) is 0 Å². The Labute approximate surface area is 253 Å². The van der Waals surface area contributed by atoms with Gasteiger partial charge < -0.3 is 19.5 Å². The van der Waals surface area contributed by atoms with Crippen LogP contribution in [0.5, 0.6) is 5.75 Å². The lowest BCUT2D eigenvalue weighted by molar-refractivity contribution is 0.0440. The predicted octanol–water partition coefficient (Wildman–Crippen LogP) is 8.03. The molecule has 0 radical (unpaired) electrons. The predicted molar refractivity (Wildman–Crippen MR) is 168 cm³/mol. The first kappa shape index (κ1) is 31.3. The number of ether oxygens (including phenoxy) is 3. The number of nitrogens with one attached hydrogen (secondary N) is 2. The highest BCUT2D eigenvalue weighted by Crippen LogP contribution is 2.30. The van der Waals surface area contributed by atoms with E-state index in [1.165, 1.54) is 0 Å². The van der Waals surface area contributed by atoms with Gasteiger partial charge in [-0.1, -0.05) is 48.6 Å². The van der Waals surface area contributed by atoms with Crippen LogP contribution < -0.4 is 15.4 Å². The Morgan fingerprint density at radius 1 is 0.884 bits per heavy atom. The molecule has 8 heteroatoms. The van der Waals surface area contributed by atoms with E-state index in [9.17, 15) is 14.4 Å². The van der Waals surface area contributed by atoms with Gasteiger partial charge in [-0.05, 0) is 100 Å². The van der Waals surface area contributed by atoms with Gasteiger partial charge in [-0.15, -0.1) is 0 Å². The maximum atomic E-state index is 12.9. The molecule has 4 rings (SSSR count). The van der Waals surface area contributed by atoms with Crippen molar-refractivity contribution >= 4 is 30.2 Å².